The van der Waals surface area contributed by atoms with Crippen LogP contribution in [0.4, 0.5) is 0 Å². The van der Waals surface area contributed by atoms with Crippen LogP contribution in [0, 0.1) is 6.92 Å². The molecule has 2 N–H and O–H groups in total. The van der Waals surface area contributed by atoms with Gasteiger partial charge in [0, 0.05) is 24.2 Å². The second-order valence-electron chi connectivity index (χ2n) is 8.19. The number of amides is 1. The molecule has 2 aromatic carbocycles. The maximum Gasteiger partial charge on any atom is 0.261 e. The first-order valence-electron chi connectivity index (χ1n) is 11.1. The molecule has 1 unspecified atom stereocenters. The van der Waals surface area contributed by atoms with Gasteiger partial charge in [0.05, 0.1) is 16.9 Å². The Labute approximate surface area is 194 Å². The molecule has 0 bridgehead atoms. The Morgan fingerprint density at radius 2 is 1.88 bits per heavy atom. The van der Waals surface area contributed by atoms with Gasteiger partial charge in [-0.3, -0.25) is 14.2 Å². The molecule has 0 aliphatic rings. The third-order valence-electron chi connectivity index (χ3n) is 5.90. The molecule has 0 radical (unpaired) electrons. The van der Waals surface area contributed by atoms with Gasteiger partial charge in [0.25, 0.3) is 11.5 Å². The average molecular weight is 455 g/mol. The van der Waals surface area contributed by atoms with Gasteiger partial charge in [0.1, 0.15) is 5.82 Å². The van der Waals surface area contributed by atoms with E-state index in [2.05, 4.69) is 0 Å². The Morgan fingerprint density at radius 1 is 1.16 bits per heavy atom. The molecule has 32 heavy (non-hydrogen) atoms. The number of nitrogens with zero attached hydrogens (tertiary/aromatic N) is 3. The number of hydrogen-bond donors (Lipinski definition) is 1. The number of nitrogens with two attached hydrogens (primary N) is 1. The van der Waals surface area contributed by atoms with E-state index in [1.165, 1.54) is 4.57 Å². The first-order chi connectivity index (χ1) is 15.3. The molecule has 0 aliphatic heterocycles. The molecular weight excluding hydrogens is 424 g/mol. The highest BCUT2D eigenvalue weighted by atomic mass is 35.5. The van der Waals surface area contributed by atoms with E-state index in [4.69, 9.17) is 22.3 Å². The molecule has 0 saturated heterocycles. The van der Waals surface area contributed by atoms with Crippen LogP contribution in [-0.2, 0) is 7.05 Å². The SMILES string of the molecule is Cc1ccccc1C(=O)N(CCCCCCN)C(C)c1nc2cc(Cl)ccc2c(=O)n1C. The summed E-state index contributed by atoms with van der Waals surface area (Å²) in [5.41, 5.74) is 7.57. The van der Waals surface area contributed by atoms with E-state index in [0.717, 1.165) is 31.2 Å². The highest BCUT2D eigenvalue weighted by molar-refractivity contribution is 6.31. The van der Waals surface area contributed by atoms with Crippen molar-refractivity contribution in [2.24, 2.45) is 12.8 Å². The van der Waals surface area contributed by atoms with Gasteiger partial charge in [-0.1, -0.05) is 42.6 Å². The summed E-state index contributed by atoms with van der Waals surface area (Å²) in [6, 6.07) is 12.2. The number of halogens is 1. The van der Waals surface area contributed by atoms with Crippen molar-refractivity contribution in [3.63, 3.8) is 0 Å². The molecule has 1 heterocycles. The Morgan fingerprint density at radius 3 is 2.59 bits per heavy atom. The van der Waals surface area contributed by atoms with Crippen molar-refractivity contribution in [3.8, 4) is 0 Å². The Kier molecular flexibility index (Phi) is 8.04. The van der Waals surface area contributed by atoms with Gasteiger partial charge in [-0.25, -0.2) is 4.98 Å². The van der Waals surface area contributed by atoms with Crippen LogP contribution in [0.5, 0.6) is 0 Å². The van der Waals surface area contributed by atoms with Crippen molar-refractivity contribution >= 4 is 28.4 Å². The van der Waals surface area contributed by atoms with Crippen molar-refractivity contribution in [3.05, 3.63) is 74.8 Å². The van der Waals surface area contributed by atoms with Gasteiger partial charge < -0.3 is 10.6 Å². The fourth-order valence-corrected chi connectivity index (χ4v) is 4.16. The largest absolute Gasteiger partial charge is 0.330 e. The molecule has 6 nitrogen and oxygen atoms in total. The van der Waals surface area contributed by atoms with Crippen LogP contribution in [0.2, 0.25) is 5.02 Å². The monoisotopic (exact) mass is 454 g/mol. The van der Waals surface area contributed by atoms with Crippen LogP contribution in [0.3, 0.4) is 0 Å². The lowest BCUT2D eigenvalue weighted by Crippen LogP contribution is -2.38. The summed E-state index contributed by atoms with van der Waals surface area (Å²) in [4.78, 5) is 33.1. The molecule has 0 saturated carbocycles. The molecule has 0 spiro atoms. The molecule has 3 rings (SSSR count). The number of hydrogen-bond acceptors (Lipinski definition) is 4. The number of fused-ring (bicyclic) bond motifs is 1. The van der Waals surface area contributed by atoms with Crippen molar-refractivity contribution in [1.82, 2.24) is 14.5 Å². The minimum absolute atomic E-state index is 0.0603. The van der Waals surface area contributed by atoms with E-state index in [1.54, 1.807) is 25.2 Å². The topological polar surface area (TPSA) is 81.2 Å². The van der Waals surface area contributed by atoms with E-state index in [1.807, 2.05) is 43.0 Å². The van der Waals surface area contributed by atoms with Crippen molar-refractivity contribution < 1.29 is 4.79 Å². The molecule has 1 atom stereocenters. The van der Waals surface area contributed by atoms with E-state index >= 15 is 0 Å². The number of aromatic nitrogens is 2. The maximum atomic E-state index is 13.6. The first-order valence-corrected chi connectivity index (χ1v) is 11.5. The zero-order valence-corrected chi connectivity index (χ0v) is 19.7. The normalized spacial score (nSPS) is 12.2. The minimum atomic E-state index is -0.391. The van der Waals surface area contributed by atoms with Crippen LogP contribution in [0.25, 0.3) is 10.9 Å². The second kappa shape index (κ2) is 10.7. The summed E-state index contributed by atoms with van der Waals surface area (Å²) in [5, 5.41) is 1.02. The molecule has 1 amide bonds. The van der Waals surface area contributed by atoms with Crippen LogP contribution in [-0.4, -0.2) is 33.4 Å². The Bertz CT molecular complexity index is 1160. The van der Waals surface area contributed by atoms with Crippen LogP contribution in [0.1, 0.15) is 60.4 Å². The lowest BCUT2D eigenvalue weighted by atomic mass is 10.1. The minimum Gasteiger partial charge on any atom is -0.330 e. The highest BCUT2D eigenvalue weighted by Gasteiger charge is 2.26. The molecular formula is C25H31ClN4O2. The third-order valence-corrected chi connectivity index (χ3v) is 6.14. The predicted octanol–water partition coefficient (Wildman–Crippen LogP) is 4.62. The highest BCUT2D eigenvalue weighted by Crippen LogP contribution is 2.24. The molecule has 3 aromatic rings. The predicted molar refractivity (Wildman–Crippen MR) is 130 cm³/mol. The fraction of sp³-hybridized carbons (Fsp3) is 0.400. The first kappa shape index (κ1) is 24.0. The number of benzene rings is 2. The Hall–Kier alpha value is -2.70. The summed E-state index contributed by atoms with van der Waals surface area (Å²) in [6.45, 7) is 5.11. The summed E-state index contributed by atoms with van der Waals surface area (Å²) >= 11 is 6.14. The van der Waals surface area contributed by atoms with E-state index < -0.39 is 6.04 Å². The van der Waals surface area contributed by atoms with Gasteiger partial charge >= 0.3 is 0 Å². The fourth-order valence-electron chi connectivity index (χ4n) is 3.99. The lowest BCUT2D eigenvalue weighted by Gasteiger charge is -2.30. The van der Waals surface area contributed by atoms with E-state index in [-0.39, 0.29) is 11.5 Å². The summed E-state index contributed by atoms with van der Waals surface area (Å²) in [6.07, 6.45) is 3.85. The van der Waals surface area contributed by atoms with Gasteiger partial charge in [0.2, 0.25) is 0 Å². The third kappa shape index (κ3) is 5.19. The molecule has 0 aliphatic carbocycles. The van der Waals surface area contributed by atoms with Gasteiger partial charge in [0.15, 0.2) is 0 Å². The second-order valence-corrected chi connectivity index (χ2v) is 8.62. The Balaban J connectivity index is 2.00. The molecule has 0 fully saturated rings. The molecule has 170 valence electrons. The van der Waals surface area contributed by atoms with E-state index in [9.17, 15) is 9.59 Å². The van der Waals surface area contributed by atoms with Crippen molar-refractivity contribution in [2.45, 2.75) is 45.6 Å². The lowest BCUT2D eigenvalue weighted by molar-refractivity contribution is 0.0675. The summed E-state index contributed by atoms with van der Waals surface area (Å²) in [7, 11) is 1.70. The van der Waals surface area contributed by atoms with Crippen LogP contribution in [0.15, 0.2) is 47.3 Å². The molecule has 7 heteroatoms. The van der Waals surface area contributed by atoms with E-state index in [0.29, 0.717) is 40.4 Å². The number of rotatable bonds is 9. The standard InChI is InChI=1S/C25H31ClN4O2/c1-17-10-6-7-11-20(17)25(32)30(15-9-5-4-8-14-27)18(2)23-28-22-16-19(26)12-13-21(22)24(31)29(23)3/h6-7,10-13,16,18H,4-5,8-9,14-15,27H2,1-3H3. The zero-order valence-electron chi connectivity index (χ0n) is 19.0. The van der Waals surface area contributed by atoms with Gasteiger partial charge in [-0.15, -0.1) is 0 Å². The van der Waals surface area contributed by atoms with Crippen LogP contribution >= 0.6 is 11.6 Å². The maximum absolute atomic E-state index is 13.6. The zero-order chi connectivity index (χ0) is 23.3. The van der Waals surface area contributed by atoms with Gasteiger partial charge in [-0.05, 0) is 63.1 Å². The van der Waals surface area contributed by atoms with Crippen molar-refractivity contribution in [2.75, 3.05) is 13.1 Å². The quantitative estimate of drug-likeness (QED) is 0.478. The van der Waals surface area contributed by atoms with Crippen LogP contribution < -0.4 is 11.3 Å². The van der Waals surface area contributed by atoms with Gasteiger partial charge in [-0.2, -0.15) is 0 Å². The average Bonchev–Trinajstić information content (AvgIpc) is 2.78. The van der Waals surface area contributed by atoms with Crippen molar-refractivity contribution in [1.29, 1.82) is 0 Å². The summed E-state index contributed by atoms with van der Waals surface area (Å²) in [5.74, 6) is 0.475. The summed E-state index contributed by atoms with van der Waals surface area (Å²) < 4.78 is 1.54. The number of unbranched alkanes of at least 4 members (excludes halogenated alkanes) is 3. The molecule has 1 aromatic heterocycles. The number of carbonyl (C=O) groups is 1. The number of carbonyl (C=O) groups excluding carboxylic acids is 1. The smallest absolute Gasteiger partial charge is 0.261 e. The number of aryl methyl sites for hydroxylation is 1.